The quantitative estimate of drug-likeness (QED) is 0.688. The van der Waals surface area contributed by atoms with E-state index in [0.717, 1.165) is 34.6 Å². The number of rotatable bonds is 4. The fourth-order valence-corrected chi connectivity index (χ4v) is 4.13. The number of carbonyl (C=O) groups excluding carboxylic acids is 1. The predicted octanol–water partition coefficient (Wildman–Crippen LogP) is 3.14. The molecule has 0 radical (unpaired) electrons. The minimum Gasteiger partial charge on any atom is -0.352 e. The van der Waals surface area contributed by atoms with Gasteiger partial charge in [-0.15, -0.1) is 0 Å². The highest BCUT2D eigenvalue weighted by Crippen LogP contribution is 2.34. The number of piperazine rings is 1. The summed E-state index contributed by atoms with van der Waals surface area (Å²) >= 11 is 0. The van der Waals surface area contributed by atoms with Crippen molar-refractivity contribution in [2.75, 3.05) is 31.1 Å². The molecule has 0 atom stereocenters. The summed E-state index contributed by atoms with van der Waals surface area (Å²) in [4.78, 5) is 29.7. The van der Waals surface area contributed by atoms with Crippen molar-refractivity contribution >= 4 is 23.5 Å². The number of hydrogen-bond donors (Lipinski definition) is 1. The number of nitrogens with zero attached hydrogens (tertiary/aromatic N) is 5. The Bertz CT molecular complexity index is 1140. The van der Waals surface area contributed by atoms with Crippen LogP contribution in [0.1, 0.15) is 22.4 Å². The van der Waals surface area contributed by atoms with E-state index in [9.17, 15) is 9.18 Å². The molecule has 1 aliphatic heterocycles. The van der Waals surface area contributed by atoms with Crippen LogP contribution in [0.25, 0.3) is 11.6 Å². The number of urea groups is 1. The fourth-order valence-electron chi connectivity index (χ4n) is 4.13. The highest BCUT2D eigenvalue weighted by atomic mass is 19.1. The second kappa shape index (κ2) is 8.74. The minimum absolute atomic E-state index is 0.109. The van der Waals surface area contributed by atoms with Gasteiger partial charge in [0, 0.05) is 57.1 Å². The summed E-state index contributed by atoms with van der Waals surface area (Å²) in [6.45, 7) is 2.99. The molecule has 0 bridgehead atoms. The van der Waals surface area contributed by atoms with Gasteiger partial charge in [0.25, 0.3) is 0 Å². The fraction of sp³-hybridized carbons (Fsp3) is 0.250. The van der Waals surface area contributed by atoms with E-state index in [0.29, 0.717) is 32.7 Å². The second-order valence-corrected chi connectivity index (χ2v) is 7.90. The lowest BCUT2D eigenvalue weighted by atomic mass is 10.1. The summed E-state index contributed by atoms with van der Waals surface area (Å²) in [7, 11) is 0. The molecule has 8 heteroatoms. The van der Waals surface area contributed by atoms with E-state index < -0.39 is 0 Å². The number of amides is 2. The van der Waals surface area contributed by atoms with Gasteiger partial charge >= 0.3 is 6.03 Å². The van der Waals surface area contributed by atoms with E-state index in [1.807, 2.05) is 12.1 Å². The Morgan fingerprint density at radius 3 is 2.50 bits per heavy atom. The molecule has 1 aliphatic carbocycles. The lowest BCUT2D eigenvalue weighted by molar-refractivity contribution is 0.194. The Kier molecular flexibility index (Phi) is 5.49. The first kappa shape index (κ1) is 20.1. The zero-order chi connectivity index (χ0) is 21.9. The molecule has 2 aromatic heterocycles. The Labute approximate surface area is 185 Å². The molecule has 0 saturated carbocycles. The molecule has 1 fully saturated rings. The van der Waals surface area contributed by atoms with Gasteiger partial charge in [-0.1, -0.05) is 12.1 Å². The predicted molar refractivity (Wildman–Crippen MR) is 120 cm³/mol. The first-order valence-electron chi connectivity index (χ1n) is 10.6. The van der Waals surface area contributed by atoms with Crippen LogP contribution in [0.2, 0.25) is 0 Å². The topological polar surface area (TPSA) is 74.2 Å². The van der Waals surface area contributed by atoms with Gasteiger partial charge in [0.2, 0.25) is 0 Å². The molecule has 162 valence electrons. The van der Waals surface area contributed by atoms with Crippen molar-refractivity contribution in [3.05, 3.63) is 83.3 Å². The maximum atomic E-state index is 13.0. The molecule has 5 rings (SSSR count). The van der Waals surface area contributed by atoms with Crippen LogP contribution in [0, 0.1) is 5.82 Å². The van der Waals surface area contributed by atoms with Crippen LogP contribution in [-0.4, -0.2) is 52.1 Å². The van der Waals surface area contributed by atoms with Crippen molar-refractivity contribution in [2.24, 2.45) is 0 Å². The number of aromatic nitrogens is 3. The second-order valence-electron chi connectivity index (χ2n) is 7.90. The van der Waals surface area contributed by atoms with Gasteiger partial charge < -0.3 is 15.1 Å². The third-order valence-corrected chi connectivity index (χ3v) is 5.90. The average Bonchev–Trinajstić information content (AvgIpc) is 3.29. The number of hydrogen-bond acceptors (Lipinski definition) is 5. The highest BCUT2D eigenvalue weighted by Gasteiger charge is 2.26. The number of halogens is 1. The van der Waals surface area contributed by atoms with E-state index in [2.05, 4.69) is 31.2 Å². The van der Waals surface area contributed by atoms with E-state index in [1.165, 1.54) is 17.7 Å². The van der Waals surface area contributed by atoms with Crippen LogP contribution in [-0.2, 0) is 13.0 Å². The summed E-state index contributed by atoms with van der Waals surface area (Å²) in [6, 6.07) is 10.1. The summed E-state index contributed by atoms with van der Waals surface area (Å²) in [5.74, 6) is 0.639. The Hall–Kier alpha value is -3.81. The molecule has 0 unspecified atom stereocenters. The van der Waals surface area contributed by atoms with Crippen LogP contribution in [0.3, 0.4) is 0 Å². The molecular formula is C24H23FN6O. The van der Waals surface area contributed by atoms with Crippen molar-refractivity contribution in [3.63, 3.8) is 0 Å². The summed E-state index contributed by atoms with van der Waals surface area (Å²) < 4.78 is 13.0. The number of fused-ring (bicyclic) bond motifs is 1. The Morgan fingerprint density at radius 1 is 1.00 bits per heavy atom. The molecule has 7 nitrogen and oxygen atoms in total. The number of allylic oxidation sites excluding steroid dienone is 1. The van der Waals surface area contributed by atoms with E-state index in [1.54, 1.807) is 35.8 Å². The smallest absolute Gasteiger partial charge is 0.317 e. The van der Waals surface area contributed by atoms with E-state index in [-0.39, 0.29) is 11.8 Å². The molecule has 32 heavy (non-hydrogen) atoms. The largest absolute Gasteiger partial charge is 0.352 e. The molecule has 0 spiro atoms. The van der Waals surface area contributed by atoms with Crippen molar-refractivity contribution in [1.29, 1.82) is 0 Å². The van der Waals surface area contributed by atoms with Crippen LogP contribution < -0.4 is 10.2 Å². The van der Waals surface area contributed by atoms with Crippen molar-refractivity contribution in [2.45, 2.75) is 13.0 Å². The molecule has 1 aromatic carbocycles. The average molecular weight is 430 g/mol. The minimum atomic E-state index is -0.282. The number of anilines is 1. The van der Waals surface area contributed by atoms with Gasteiger partial charge in [-0.05, 0) is 47.0 Å². The highest BCUT2D eigenvalue weighted by molar-refractivity contribution is 5.91. The maximum Gasteiger partial charge on any atom is 0.317 e. The summed E-state index contributed by atoms with van der Waals surface area (Å²) in [5, 5.41) is 2.91. The number of carbonyl (C=O) groups is 1. The monoisotopic (exact) mass is 430 g/mol. The SMILES string of the molecule is O=C(NCc1ccc(F)cc1)N1CCN(c2ncnc3c2C=C(c2ccncc2)C3)CC1. The van der Waals surface area contributed by atoms with Crippen molar-refractivity contribution in [1.82, 2.24) is 25.2 Å². The van der Waals surface area contributed by atoms with Gasteiger partial charge in [0.1, 0.15) is 18.0 Å². The summed E-state index contributed by atoms with van der Waals surface area (Å²) in [5.41, 5.74) is 5.32. The normalized spacial score (nSPS) is 15.3. The lowest BCUT2D eigenvalue weighted by Crippen LogP contribution is -2.52. The van der Waals surface area contributed by atoms with E-state index in [4.69, 9.17) is 0 Å². The zero-order valence-corrected chi connectivity index (χ0v) is 17.5. The zero-order valence-electron chi connectivity index (χ0n) is 17.5. The van der Waals surface area contributed by atoms with Crippen LogP contribution in [0.5, 0.6) is 0 Å². The third-order valence-electron chi connectivity index (χ3n) is 5.90. The molecule has 2 aliphatic rings. The molecular weight excluding hydrogens is 407 g/mol. The molecule has 1 saturated heterocycles. The van der Waals surface area contributed by atoms with E-state index >= 15 is 0 Å². The molecule has 1 N–H and O–H groups in total. The standard InChI is InChI=1S/C24H23FN6O/c25-20-3-1-17(2-4-20)15-27-24(32)31-11-9-30(10-12-31)23-21-13-19(14-22(21)28-16-29-23)18-5-7-26-8-6-18/h1-8,13,16H,9-12,14-15H2,(H,27,32). The third kappa shape index (κ3) is 4.16. The van der Waals surface area contributed by atoms with Crippen LogP contribution in [0.15, 0.2) is 55.1 Å². The number of pyridine rings is 1. The van der Waals surface area contributed by atoms with Gasteiger partial charge in [0.05, 0.1) is 5.69 Å². The molecule has 2 amide bonds. The molecule has 3 heterocycles. The first-order chi connectivity index (χ1) is 15.7. The Morgan fingerprint density at radius 2 is 1.75 bits per heavy atom. The maximum absolute atomic E-state index is 13.0. The Balaban J connectivity index is 1.22. The van der Waals surface area contributed by atoms with Gasteiger partial charge in [-0.3, -0.25) is 4.98 Å². The van der Waals surface area contributed by atoms with Gasteiger partial charge in [-0.2, -0.15) is 0 Å². The number of nitrogens with one attached hydrogen (secondary N) is 1. The van der Waals surface area contributed by atoms with Crippen LogP contribution in [0.4, 0.5) is 15.0 Å². The lowest BCUT2D eigenvalue weighted by Gasteiger charge is -2.36. The van der Waals surface area contributed by atoms with Gasteiger partial charge in [0.15, 0.2) is 0 Å². The summed E-state index contributed by atoms with van der Waals surface area (Å²) in [6.07, 6.45) is 8.17. The first-order valence-corrected chi connectivity index (χ1v) is 10.6. The number of benzene rings is 1. The van der Waals surface area contributed by atoms with Crippen molar-refractivity contribution < 1.29 is 9.18 Å². The van der Waals surface area contributed by atoms with Crippen LogP contribution >= 0.6 is 0 Å². The van der Waals surface area contributed by atoms with Gasteiger partial charge in [-0.25, -0.2) is 19.2 Å². The van der Waals surface area contributed by atoms with Crippen molar-refractivity contribution in [3.8, 4) is 0 Å². The molecule has 3 aromatic rings.